The van der Waals surface area contributed by atoms with Crippen LogP contribution in [0.5, 0.6) is 0 Å². The molecule has 0 bridgehead atoms. The van der Waals surface area contributed by atoms with Crippen LogP contribution in [0.2, 0.25) is 5.02 Å². The Labute approximate surface area is 182 Å². The van der Waals surface area contributed by atoms with E-state index in [0.717, 1.165) is 36.6 Å². The number of fused-ring (bicyclic) bond motifs is 1. The summed E-state index contributed by atoms with van der Waals surface area (Å²) in [7, 11) is 3.49. The molecule has 2 amide bonds. The third kappa shape index (κ3) is 4.01. The highest BCUT2D eigenvalue weighted by Gasteiger charge is 2.35. The average Bonchev–Trinajstić information content (AvgIpc) is 3.31. The summed E-state index contributed by atoms with van der Waals surface area (Å²) in [5, 5.41) is 0.611. The zero-order chi connectivity index (χ0) is 21.4. The Morgan fingerprint density at radius 1 is 1.20 bits per heavy atom. The van der Waals surface area contributed by atoms with E-state index < -0.39 is 0 Å². The van der Waals surface area contributed by atoms with Crippen molar-refractivity contribution in [3.63, 3.8) is 0 Å². The van der Waals surface area contributed by atoms with Crippen LogP contribution in [0.15, 0.2) is 36.5 Å². The molecule has 2 atom stereocenters. The van der Waals surface area contributed by atoms with E-state index in [1.807, 2.05) is 18.2 Å². The summed E-state index contributed by atoms with van der Waals surface area (Å²) in [4.78, 5) is 35.8. The van der Waals surface area contributed by atoms with Crippen LogP contribution in [-0.2, 0) is 4.79 Å². The molecule has 3 heterocycles. The summed E-state index contributed by atoms with van der Waals surface area (Å²) in [6.45, 7) is 4.62. The number of aromatic nitrogens is 1. The number of hydrogen-bond donors (Lipinski definition) is 0. The number of nitrogens with zero attached hydrogens (tertiary/aromatic N) is 4. The minimum Gasteiger partial charge on any atom is -0.356 e. The monoisotopic (exact) mass is 426 g/mol. The van der Waals surface area contributed by atoms with E-state index in [4.69, 9.17) is 11.6 Å². The highest BCUT2D eigenvalue weighted by Crippen LogP contribution is 2.40. The molecule has 1 aromatic carbocycles. The second-order valence-corrected chi connectivity index (χ2v) is 8.99. The minimum absolute atomic E-state index is 0.0366. The lowest BCUT2D eigenvalue weighted by Gasteiger charge is -2.21. The van der Waals surface area contributed by atoms with Gasteiger partial charge in [-0.1, -0.05) is 18.5 Å². The van der Waals surface area contributed by atoms with Gasteiger partial charge in [-0.05, 0) is 48.2 Å². The van der Waals surface area contributed by atoms with Crippen molar-refractivity contribution in [3.8, 4) is 0 Å². The van der Waals surface area contributed by atoms with Crippen molar-refractivity contribution in [2.24, 2.45) is 5.92 Å². The van der Waals surface area contributed by atoms with Crippen molar-refractivity contribution in [3.05, 3.63) is 52.7 Å². The second-order valence-electron chi connectivity index (χ2n) is 8.55. The molecule has 0 saturated carbocycles. The molecular formula is C23H27ClN4O2. The predicted octanol–water partition coefficient (Wildman–Crippen LogP) is 3.80. The van der Waals surface area contributed by atoms with Crippen molar-refractivity contribution in [2.75, 3.05) is 43.5 Å². The van der Waals surface area contributed by atoms with E-state index in [-0.39, 0.29) is 17.7 Å². The normalized spacial score (nSPS) is 20.4. The zero-order valence-electron chi connectivity index (χ0n) is 17.6. The number of hydrogen-bond acceptors (Lipinski definition) is 4. The number of anilines is 2. The molecule has 158 valence electrons. The Morgan fingerprint density at radius 2 is 2.00 bits per heavy atom. The minimum atomic E-state index is -0.0748. The van der Waals surface area contributed by atoms with Gasteiger partial charge < -0.3 is 14.7 Å². The standard InChI is InChI=1S/C23H27ClN4O2/c1-15-7-9-27(13-15)21-10-16(6-8-25-21)23(30)28-14-17(11-22(29)26(2)3)19-12-18(24)4-5-20(19)28/h4-6,8,10,12,15,17H,7,9,11,13-14H2,1-3H3. The summed E-state index contributed by atoms with van der Waals surface area (Å²) in [5.41, 5.74) is 2.39. The number of benzene rings is 1. The van der Waals surface area contributed by atoms with Gasteiger partial charge >= 0.3 is 0 Å². The molecule has 0 N–H and O–H groups in total. The molecule has 0 radical (unpaired) electrons. The first-order valence-electron chi connectivity index (χ1n) is 10.4. The van der Waals surface area contributed by atoms with E-state index in [0.29, 0.717) is 29.5 Å². The van der Waals surface area contributed by atoms with Crippen LogP contribution in [-0.4, -0.2) is 55.4 Å². The molecule has 30 heavy (non-hydrogen) atoms. The van der Waals surface area contributed by atoms with Crippen LogP contribution in [0.25, 0.3) is 0 Å². The van der Waals surface area contributed by atoms with Crippen molar-refractivity contribution in [1.29, 1.82) is 0 Å². The van der Waals surface area contributed by atoms with Gasteiger partial charge in [-0.25, -0.2) is 4.98 Å². The fourth-order valence-corrected chi connectivity index (χ4v) is 4.48. The highest BCUT2D eigenvalue weighted by molar-refractivity contribution is 6.30. The van der Waals surface area contributed by atoms with Gasteiger partial charge in [0.15, 0.2) is 0 Å². The molecule has 0 aliphatic carbocycles. The van der Waals surface area contributed by atoms with Gasteiger partial charge in [0.25, 0.3) is 5.91 Å². The van der Waals surface area contributed by atoms with Gasteiger partial charge in [-0.2, -0.15) is 0 Å². The molecule has 2 unspecified atom stereocenters. The molecular weight excluding hydrogens is 400 g/mol. The van der Waals surface area contributed by atoms with Crippen LogP contribution in [0.4, 0.5) is 11.5 Å². The lowest BCUT2D eigenvalue weighted by Crippen LogP contribution is -2.31. The molecule has 0 spiro atoms. The van der Waals surface area contributed by atoms with E-state index in [2.05, 4.69) is 16.8 Å². The number of carbonyl (C=O) groups excluding carboxylic acids is 2. The fourth-order valence-electron chi connectivity index (χ4n) is 4.30. The number of rotatable bonds is 4. The van der Waals surface area contributed by atoms with E-state index in [1.165, 1.54) is 0 Å². The maximum absolute atomic E-state index is 13.4. The number of pyridine rings is 1. The molecule has 2 aliphatic rings. The summed E-state index contributed by atoms with van der Waals surface area (Å²) < 4.78 is 0. The third-order valence-corrected chi connectivity index (χ3v) is 6.26. The second kappa shape index (κ2) is 8.26. The van der Waals surface area contributed by atoms with Crippen LogP contribution < -0.4 is 9.80 Å². The number of amides is 2. The summed E-state index contributed by atoms with van der Waals surface area (Å²) in [6, 6.07) is 9.19. The Hall–Kier alpha value is -2.60. The lowest BCUT2D eigenvalue weighted by atomic mass is 9.97. The highest BCUT2D eigenvalue weighted by atomic mass is 35.5. The van der Waals surface area contributed by atoms with Crippen LogP contribution in [0.3, 0.4) is 0 Å². The van der Waals surface area contributed by atoms with E-state index in [1.54, 1.807) is 42.2 Å². The van der Waals surface area contributed by atoms with E-state index >= 15 is 0 Å². The average molecular weight is 427 g/mol. The molecule has 1 fully saturated rings. The van der Waals surface area contributed by atoms with Crippen molar-refractivity contribution in [2.45, 2.75) is 25.7 Å². The maximum Gasteiger partial charge on any atom is 0.258 e. The molecule has 2 aromatic rings. The van der Waals surface area contributed by atoms with Crippen LogP contribution >= 0.6 is 11.6 Å². The third-order valence-electron chi connectivity index (χ3n) is 6.03. The lowest BCUT2D eigenvalue weighted by molar-refractivity contribution is -0.129. The first-order chi connectivity index (χ1) is 14.3. The van der Waals surface area contributed by atoms with Gasteiger partial charge in [0.1, 0.15) is 5.82 Å². The van der Waals surface area contributed by atoms with Gasteiger partial charge in [-0.15, -0.1) is 0 Å². The molecule has 6 nitrogen and oxygen atoms in total. The van der Waals surface area contributed by atoms with Crippen LogP contribution in [0, 0.1) is 5.92 Å². The summed E-state index contributed by atoms with van der Waals surface area (Å²) in [6.07, 6.45) is 3.19. The largest absolute Gasteiger partial charge is 0.356 e. The maximum atomic E-state index is 13.4. The topological polar surface area (TPSA) is 56.8 Å². The van der Waals surface area contributed by atoms with Crippen LogP contribution in [0.1, 0.15) is 41.6 Å². The Kier molecular flexibility index (Phi) is 5.69. The Bertz CT molecular complexity index is 977. The first kappa shape index (κ1) is 20.7. The number of halogens is 1. The molecule has 1 saturated heterocycles. The fraction of sp³-hybridized carbons (Fsp3) is 0.435. The Balaban J connectivity index is 1.61. The molecule has 1 aromatic heterocycles. The first-order valence-corrected chi connectivity index (χ1v) is 10.7. The Morgan fingerprint density at radius 3 is 2.70 bits per heavy atom. The van der Waals surface area contributed by atoms with Gasteiger partial charge in [0.2, 0.25) is 5.91 Å². The smallest absolute Gasteiger partial charge is 0.258 e. The molecule has 2 aliphatic heterocycles. The van der Waals surface area contributed by atoms with Gasteiger partial charge in [0, 0.05) is 68.5 Å². The number of carbonyl (C=O) groups is 2. The molecule has 7 heteroatoms. The van der Waals surface area contributed by atoms with Gasteiger partial charge in [-0.3, -0.25) is 9.59 Å². The van der Waals surface area contributed by atoms with Crippen molar-refractivity contribution in [1.82, 2.24) is 9.88 Å². The van der Waals surface area contributed by atoms with Crippen molar-refractivity contribution >= 4 is 34.9 Å². The predicted molar refractivity (Wildman–Crippen MR) is 119 cm³/mol. The zero-order valence-corrected chi connectivity index (χ0v) is 18.4. The van der Waals surface area contributed by atoms with E-state index in [9.17, 15) is 9.59 Å². The van der Waals surface area contributed by atoms with Gasteiger partial charge in [0.05, 0.1) is 0 Å². The summed E-state index contributed by atoms with van der Waals surface area (Å²) >= 11 is 6.22. The SMILES string of the molecule is CC1CCN(c2cc(C(=O)N3CC(CC(=O)N(C)C)c4cc(Cl)ccc43)ccn2)C1. The van der Waals surface area contributed by atoms with Crippen molar-refractivity contribution < 1.29 is 9.59 Å². The quantitative estimate of drug-likeness (QED) is 0.746. The summed E-state index contributed by atoms with van der Waals surface area (Å²) in [5.74, 6) is 1.37. The molecule has 4 rings (SSSR count).